The van der Waals surface area contributed by atoms with Crippen molar-refractivity contribution in [3.05, 3.63) is 236 Å². The molecular formula is C105H124N12O11. The van der Waals surface area contributed by atoms with Gasteiger partial charge >= 0.3 is 11.9 Å². The number of hydrogen-bond donors (Lipinski definition) is 6. The number of aliphatic imine (C=N–C) groups is 4. The number of carboxylic acids is 1. The lowest BCUT2D eigenvalue weighted by atomic mass is 9.98. The summed E-state index contributed by atoms with van der Waals surface area (Å²) < 4.78 is 5.10. The minimum absolute atomic E-state index is 0.0285. The Balaban J connectivity index is 0.000000178. The van der Waals surface area contributed by atoms with Crippen LogP contribution in [-0.4, -0.2) is 159 Å². The number of Topliss-reactive ketones (excluding diaryl/α,β-unsaturated/α-hetero) is 2. The molecule has 8 aromatic carbocycles. The number of cyclic esters (lactones) is 1. The number of carboxylic acid groups (broad SMARTS) is 1. The lowest BCUT2D eigenvalue weighted by Gasteiger charge is -2.23. The Morgan fingerprint density at radius 3 is 0.883 bits per heavy atom. The van der Waals surface area contributed by atoms with Crippen molar-refractivity contribution in [2.75, 3.05) is 59.0 Å². The summed E-state index contributed by atoms with van der Waals surface area (Å²) in [5.74, 6) is 1.08. The first kappa shape index (κ1) is 96.9. The molecule has 13 rings (SSSR count). The van der Waals surface area contributed by atoms with E-state index in [2.05, 4.69) is 122 Å². The molecule has 0 bridgehead atoms. The van der Waals surface area contributed by atoms with Crippen molar-refractivity contribution >= 4 is 118 Å². The number of benzene rings is 8. The fraction of sp³-hybridized carbons (Fsp3) is 0.352. The molecule has 5 aliphatic heterocycles. The van der Waals surface area contributed by atoms with E-state index in [-0.39, 0.29) is 67.2 Å². The monoisotopic (exact) mass is 1730 g/mol. The maximum atomic E-state index is 13.2. The molecule has 0 unspecified atom stereocenters. The highest BCUT2D eigenvalue weighted by Gasteiger charge is 2.28. The van der Waals surface area contributed by atoms with E-state index < -0.39 is 5.97 Å². The Labute approximate surface area is 753 Å². The summed E-state index contributed by atoms with van der Waals surface area (Å²) in [7, 11) is 0. The smallest absolute Gasteiger partial charge is 0.338 e. The van der Waals surface area contributed by atoms with Crippen molar-refractivity contribution < 1.29 is 53.3 Å². The summed E-state index contributed by atoms with van der Waals surface area (Å²) >= 11 is 0. The van der Waals surface area contributed by atoms with Crippen LogP contribution < -0.4 is 22.9 Å². The quantitative estimate of drug-likeness (QED) is 0.0204. The Hall–Kier alpha value is -13.3. The Morgan fingerprint density at radius 2 is 0.609 bits per heavy atom. The summed E-state index contributed by atoms with van der Waals surface area (Å²) in [6.07, 6.45) is 19.2. The molecule has 0 saturated heterocycles. The van der Waals surface area contributed by atoms with Gasteiger partial charge in [-0.05, 0) is 206 Å². The molecule has 23 heteroatoms. The van der Waals surface area contributed by atoms with Gasteiger partial charge in [-0.2, -0.15) is 0 Å². The first-order chi connectivity index (χ1) is 61.7. The molecule has 8 aromatic rings. The molecule has 0 atom stereocenters. The normalized spacial score (nSPS) is 13.4. The first-order valence-electron chi connectivity index (χ1n) is 45.0. The summed E-state index contributed by atoms with van der Waals surface area (Å²) in [5, 5.41) is 18.0. The second-order valence-electron chi connectivity index (χ2n) is 33.0. The molecule has 5 heterocycles. The van der Waals surface area contributed by atoms with E-state index in [9.17, 15) is 38.4 Å². The van der Waals surface area contributed by atoms with Crippen molar-refractivity contribution in [2.24, 2.45) is 42.9 Å². The topological polar surface area (TPSA) is 353 Å². The Morgan fingerprint density at radius 1 is 0.352 bits per heavy atom. The zero-order valence-electron chi connectivity index (χ0n) is 75.7. The first-order valence-corrected chi connectivity index (χ1v) is 45.0. The summed E-state index contributed by atoms with van der Waals surface area (Å²) in [5.41, 5.74) is 46.8. The van der Waals surface area contributed by atoms with Crippen LogP contribution in [0.5, 0.6) is 0 Å². The van der Waals surface area contributed by atoms with Crippen LogP contribution in [0.25, 0.3) is 68.8 Å². The van der Waals surface area contributed by atoms with Gasteiger partial charge in [0.2, 0.25) is 23.6 Å². The molecule has 0 radical (unpaired) electrons. The number of esters is 1. The van der Waals surface area contributed by atoms with Gasteiger partial charge in [-0.1, -0.05) is 176 Å². The molecule has 0 aliphatic carbocycles. The van der Waals surface area contributed by atoms with Crippen molar-refractivity contribution in [1.29, 1.82) is 0 Å². The number of aryl methyl sites for hydroxylation is 3. The third-order valence-electron chi connectivity index (χ3n) is 22.3. The van der Waals surface area contributed by atoms with Crippen LogP contribution in [0.3, 0.4) is 0 Å². The van der Waals surface area contributed by atoms with Crippen molar-refractivity contribution in [3.63, 3.8) is 0 Å². The standard InChI is InChI=1S/2C27H33N3O2.C26H31N3O3.C25H27N3O4/c2*1-4-14-30(15-5-2)27(32)24-16-23-13-12-22(17-25(23)29-26(28)18-24)21-10-8-20(9-11-21)7-6-19(3)31;1-3-13-29(14-4-2)26(32)22-15-21-11-10-20(16-23(21)28-24(27)17-22)19-8-5-18(6-9-19)7-12-25(30)31;1-2-8-28(9-3-10-29)24(30)19-12-18-5-4-17(13-22(18)27-23(26)14-19)16-6-7-21-20(11-16)15-32-25(21)31/h2*8-13,16-17H,4-7,14-15,18H2,1-3H3,(H2,28,29);5-6,8-11,15-16H,3-4,7,12-14,17H2,1-2H3,(H2,27,28)(H,30,31);4-7,11-13,29H,2-3,8-10,14-15H2,1H3,(H2,26,27). The van der Waals surface area contributed by atoms with E-state index in [0.29, 0.717) is 115 Å². The number of ketones is 2. The van der Waals surface area contributed by atoms with Gasteiger partial charge in [0, 0.05) is 154 Å². The molecule has 0 saturated carbocycles. The SMILES string of the molecule is CCCN(CCC)C(=O)C1=Cc2ccc(-c3ccc(CCC(=O)O)cc3)cc2N=C(N)C1.CCCN(CCC)C(=O)C1=Cc2ccc(-c3ccc(CCC(C)=O)cc3)cc2N=C(N)C1.CCCN(CCC)C(=O)C1=Cc2ccc(-c3ccc(CCC(C)=O)cc3)cc2N=C(N)C1.CCCN(CCCO)C(=O)C1=Cc2ccc(-c3ccc4c(c3)COC4=O)cc2N=C(N)C1. The van der Waals surface area contributed by atoms with E-state index in [0.717, 1.165) is 203 Å². The van der Waals surface area contributed by atoms with Crippen molar-refractivity contribution in [2.45, 2.75) is 184 Å². The number of amides is 4. The number of fused-ring (bicyclic) bond motifs is 5. The van der Waals surface area contributed by atoms with Crippen LogP contribution in [0.1, 0.15) is 213 Å². The molecular weight excluding hydrogens is 1610 g/mol. The van der Waals surface area contributed by atoms with Crippen LogP contribution in [0.15, 0.2) is 206 Å². The third-order valence-corrected chi connectivity index (χ3v) is 22.3. The predicted molar refractivity (Wildman–Crippen MR) is 516 cm³/mol. The Bertz CT molecular complexity index is 5180. The average Bonchev–Trinajstić information content (AvgIpc) is 1.62. The van der Waals surface area contributed by atoms with Crippen molar-refractivity contribution in [3.8, 4) is 44.5 Å². The largest absolute Gasteiger partial charge is 0.481 e. The number of rotatable bonds is 34. The molecule has 5 aliphatic rings. The number of nitrogens with zero attached hydrogens (tertiary/aromatic N) is 8. The number of ether oxygens (including phenoxy) is 1. The van der Waals surface area contributed by atoms with Gasteiger partial charge in [0.15, 0.2) is 0 Å². The highest BCUT2D eigenvalue weighted by molar-refractivity contribution is 6.09. The number of aliphatic hydroxyl groups is 1. The van der Waals surface area contributed by atoms with E-state index in [4.69, 9.17) is 37.9 Å². The van der Waals surface area contributed by atoms with Crippen LogP contribution in [0.2, 0.25) is 0 Å². The van der Waals surface area contributed by atoms with Gasteiger partial charge in [-0.15, -0.1) is 0 Å². The molecule has 23 nitrogen and oxygen atoms in total. The number of aliphatic hydroxyl groups excluding tert-OH is 1. The number of carbonyl (C=O) groups is 8. The van der Waals surface area contributed by atoms with Gasteiger partial charge in [-0.25, -0.2) is 24.8 Å². The highest BCUT2D eigenvalue weighted by atomic mass is 16.5. The maximum Gasteiger partial charge on any atom is 0.338 e. The third kappa shape index (κ3) is 27.4. The van der Waals surface area contributed by atoms with Gasteiger partial charge in [0.05, 0.1) is 28.3 Å². The average molecular weight is 1730 g/mol. The molecule has 0 fully saturated rings. The van der Waals surface area contributed by atoms with E-state index in [1.54, 1.807) is 24.8 Å². The second-order valence-corrected chi connectivity index (χ2v) is 33.0. The lowest BCUT2D eigenvalue weighted by molar-refractivity contribution is -0.137. The fourth-order valence-electron chi connectivity index (χ4n) is 15.8. The van der Waals surface area contributed by atoms with Gasteiger partial charge in [0.25, 0.3) is 0 Å². The number of amidine groups is 4. The van der Waals surface area contributed by atoms with E-state index in [1.165, 1.54) is 0 Å². The number of aliphatic carboxylic acids is 1. The van der Waals surface area contributed by atoms with Gasteiger partial charge in [0.1, 0.15) is 41.5 Å². The molecule has 0 aromatic heterocycles. The molecule has 670 valence electrons. The summed E-state index contributed by atoms with van der Waals surface area (Å²) in [6.45, 7) is 23.7. The van der Waals surface area contributed by atoms with Crippen LogP contribution >= 0.6 is 0 Å². The van der Waals surface area contributed by atoms with Crippen LogP contribution in [0.4, 0.5) is 22.7 Å². The molecule has 128 heavy (non-hydrogen) atoms. The zero-order valence-corrected chi connectivity index (χ0v) is 75.7. The number of hydrogen-bond acceptors (Lipinski definition) is 18. The van der Waals surface area contributed by atoms with E-state index in [1.807, 2.05) is 143 Å². The zero-order chi connectivity index (χ0) is 91.9. The van der Waals surface area contributed by atoms with E-state index >= 15 is 0 Å². The Kier molecular flexibility index (Phi) is 36.3. The van der Waals surface area contributed by atoms with Crippen LogP contribution in [-0.2, 0) is 64.2 Å². The minimum atomic E-state index is -0.798. The van der Waals surface area contributed by atoms with Gasteiger partial charge in [-0.3, -0.25) is 24.0 Å². The second kappa shape index (κ2) is 47.9. The number of nitrogens with two attached hydrogens (primary N) is 4. The highest BCUT2D eigenvalue weighted by Crippen LogP contribution is 2.39. The maximum absolute atomic E-state index is 13.2. The number of carbonyl (C=O) groups excluding carboxylic acids is 7. The molecule has 10 N–H and O–H groups in total. The molecule has 4 amide bonds. The lowest BCUT2D eigenvalue weighted by Crippen LogP contribution is -2.35. The van der Waals surface area contributed by atoms with Crippen molar-refractivity contribution in [1.82, 2.24) is 19.6 Å². The fourth-order valence-corrected chi connectivity index (χ4v) is 15.8. The predicted octanol–water partition coefficient (Wildman–Crippen LogP) is 18.8. The van der Waals surface area contributed by atoms with Crippen LogP contribution in [0, 0.1) is 0 Å². The summed E-state index contributed by atoms with van der Waals surface area (Å²) in [4.78, 5) is 123. The van der Waals surface area contributed by atoms with Gasteiger partial charge < -0.3 is 67.1 Å². The minimum Gasteiger partial charge on any atom is -0.481 e. The summed E-state index contributed by atoms with van der Waals surface area (Å²) in [6, 6.07) is 54.0. The molecule has 0 spiro atoms.